The largest absolute Gasteiger partial charge is 0.358 e. The summed E-state index contributed by atoms with van der Waals surface area (Å²) in [6, 6.07) is 5.74. The summed E-state index contributed by atoms with van der Waals surface area (Å²) < 4.78 is 0. The molecular weight excluding hydrogens is 404 g/mol. The fourth-order valence-corrected chi connectivity index (χ4v) is 5.82. The van der Waals surface area contributed by atoms with E-state index in [9.17, 15) is 14.4 Å². The quantitative estimate of drug-likeness (QED) is 0.784. The number of carbonyl (C=O) groups excluding carboxylic acids is 3. The van der Waals surface area contributed by atoms with Gasteiger partial charge in [-0.3, -0.25) is 19.3 Å². The van der Waals surface area contributed by atoms with Gasteiger partial charge < -0.3 is 15.1 Å². The van der Waals surface area contributed by atoms with Crippen molar-refractivity contribution in [2.24, 2.45) is 0 Å². The fraction of sp³-hybridized carbons (Fsp3) is 0.640. The zero-order chi connectivity index (χ0) is 22.1. The normalized spacial score (nSPS) is 23.7. The van der Waals surface area contributed by atoms with Crippen LogP contribution in [-0.4, -0.2) is 60.9 Å². The van der Waals surface area contributed by atoms with Gasteiger partial charge in [-0.15, -0.1) is 0 Å². The first-order valence-electron chi connectivity index (χ1n) is 12.4. The van der Waals surface area contributed by atoms with Gasteiger partial charge in [0.05, 0.1) is 11.4 Å². The smallest absolute Gasteiger partial charge is 0.253 e. The van der Waals surface area contributed by atoms with Crippen molar-refractivity contribution in [2.45, 2.75) is 76.3 Å². The summed E-state index contributed by atoms with van der Waals surface area (Å²) in [6.45, 7) is 2.44. The molecule has 1 aromatic rings. The van der Waals surface area contributed by atoms with Gasteiger partial charge in [0.25, 0.3) is 5.91 Å². The Bertz CT molecular complexity index is 889. The number of piperidine rings is 2. The minimum atomic E-state index is -0.209. The Morgan fingerprint density at radius 3 is 2.38 bits per heavy atom. The lowest BCUT2D eigenvalue weighted by Crippen LogP contribution is -2.57. The van der Waals surface area contributed by atoms with Gasteiger partial charge >= 0.3 is 0 Å². The molecule has 1 aliphatic carbocycles. The molecule has 0 bridgehead atoms. The second-order valence-corrected chi connectivity index (χ2v) is 9.73. The molecule has 172 valence electrons. The number of hydrogen-bond donors (Lipinski definition) is 1. The van der Waals surface area contributed by atoms with Crippen LogP contribution in [0, 0.1) is 0 Å². The molecule has 5 rings (SSSR count). The SMILES string of the molecule is O=C(CN1C(=O)[C@H]2CCCCN2c2ccc(C(=O)N3CCCCC3)cc21)NC1CCCC1. The number of nitrogens with one attached hydrogen (secondary N) is 1. The maximum atomic E-state index is 13.5. The van der Waals surface area contributed by atoms with E-state index in [1.165, 1.54) is 6.42 Å². The predicted octanol–water partition coefficient (Wildman–Crippen LogP) is 3.08. The van der Waals surface area contributed by atoms with Gasteiger partial charge in [0.2, 0.25) is 11.8 Å². The van der Waals surface area contributed by atoms with Crippen molar-refractivity contribution in [3.8, 4) is 0 Å². The summed E-state index contributed by atoms with van der Waals surface area (Å²) in [5.74, 6) is -0.0920. The fourth-order valence-electron chi connectivity index (χ4n) is 5.82. The van der Waals surface area contributed by atoms with Gasteiger partial charge in [-0.05, 0) is 69.6 Å². The third-order valence-electron chi connectivity index (χ3n) is 7.54. The van der Waals surface area contributed by atoms with E-state index in [1.807, 2.05) is 23.1 Å². The average molecular weight is 439 g/mol. The van der Waals surface area contributed by atoms with E-state index < -0.39 is 0 Å². The van der Waals surface area contributed by atoms with Crippen LogP contribution in [0.5, 0.6) is 0 Å². The van der Waals surface area contributed by atoms with Crippen molar-refractivity contribution in [1.82, 2.24) is 10.2 Å². The maximum absolute atomic E-state index is 13.5. The lowest BCUT2D eigenvalue weighted by atomic mass is 9.95. The van der Waals surface area contributed by atoms with Crippen molar-refractivity contribution in [2.75, 3.05) is 36.0 Å². The van der Waals surface area contributed by atoms with E-state index in [0.717, 1.165) is 83.1 Å². The molecule has 1 aromatic carbocycles. The number of nitrogens with zero attached hydrogens (tertiary/aromatic N) is 3. The summed E-state index contributed by atoms with van der Waals surface area (Å²) in [4.78, 5) is 45.2. The summed E-state index contributed by atoms with van der Waals surface area (Å²) in [6.07, 6.45) is 10.5. The molecule has 1 N–H and O–H groups in total. The van der Waals surface area contributed by atoms with Gasteiger partial charge in [0.15, 0.2) is 0 Å². The molecule has 1 atom stereocenters. The minimum absolute atomic E-state index is 0.0126. The Kier molecular flexibility index (Phi) is 6.07. The van der Waals surface area contributed by atoms with Gasteiger partial charge in [-0.2, -0.15) is 0 Å². The number of rotatable bonds is 4. The molecular formula is C25H34N4O3. The van der Waals surface area contributed by atoms with Gasteiger partial charge in [0, 0.05) is 31.2 Å². The summed E-state index contributed by atoms with van der Waals surface area (Å²) in [5, 5.41) is 3.12. The zero-order valence-electron chi connectivity index (χ0n) is 18.9. The van der Waals surface area contributed by atoms with Crippen LogP contribution in [0.3, 0.4) is 0 Å². The number of hydrogen-bond acceptors (Lipinski definition) is 4. The number of benzene rings is 1. The molecule has 3 aliphatic heterocycles. The number of likely N-dealkylation sites (tertiary alicyclic amines) is 1. The Balaban J connectivity index is 1.43. The molecule has 0 unspecified atom stereocenters. The molecule has 32 heavy (non-hydrogen) atoms. The summed E-state index contributed by atoms with van der Waals surface area (Å²) in [5.41, 5.74) is 2.28. The molecule has 3 heterocycles. The average Bonchev–Trinajstić information content (AvgIpc) is 3.34. The maximum Gasteiger partial charge on any atom is 0.253 e. The topological polar surface area (TPSA) is 73.0 Å². The summed E-state index contributed by atoms with van der Waals surface area (Å²) >= 11 is 0. The summed E-state index contributed by atoms with van der Waals surface area (Å²) in [7, 11) is 0. The molecule has 0 radical (unpaired) electrons. The number of carbonyl (C=O) groups is 3. The second-order valence-electron chi connectivity index (χ2n) is 9.73. The molecule has 3 fully saturated rings. The highest BCUT2D eigenvalue weighted by Gasteiger charge is 2.40. The Hall–Kier alpha value is -2.57. The Labute approximate surface area is 190 Å². The number of fused-ring (bicyclic) bond motifs is 3. The lowest BCUT2D eigenvalue weighted by Gasteiger charge is -2.45. The predicted molar refractivity (Wildman–Crippen MR) is 124 cm³/mol. The highest BCUT2D eigenvalue weighted by Crippen LogP contribution is 2.40. The molecule has 0 aromatic heterocycles. The second kappa shape index (κ2) is 9.12. The molecule has 4 aliphatic rings. The number of anilines is 2. The number of amides is 3. The van der Waals surface area contributed by atoms with Crippen molar-refractivity contribution in [3.05, 3.63) is 23.8 Å². The van der Waals surface area contributed by atoms with E-state index in [2.05, 4.69) is 10.2 Å². The van der Waals surface area contributed by atoms with Crippen LogP contribution >= 0.6 is 0 Å². The Morgan fingerprint density at radius 2 is 1.59 bits per heavy atom. The first kappa shape index (κ1) is 21.3. The van der Waals surface area contributed by atoms with E-state index in [-0.39, 0.29) is 36.3 Å². The van der Waals surface area contributed by atoms with E-state index in [4.69, 9.17) is 0 Å². The van der Waals surface area contributed by atoms with Crippen molar-refractivity contribution < 1.29 is 14.4 Å². The van der Waals surface area contributed by atoms with Crippen molar-refractivity contribution in [1.29, 1.82) is 0 Å². The molecule has 0 spiro atoms. The highest BCUT2D eigenvalue weighted by molar-refractivity contribution is 6.09. The first-order valence-corrected chi connectivity index (χ1v) is 12.4. The third-order valence-corrected chi connectivity index (χ3v) is 7.54. The molecule has 1 saturated carbocycles. The van der Waals surface area contributed by atoms with Gasteiger partial charge in [-0.25, -0.2) is 0 Å². The molecule has 2 saturated heterocycles. The molecule has 7 heteroatoms. The van der Waals surface area contributed by atoms with Crippen LogP contribution in [0.15, 0.2) is 18.2 Å². The standard InChI is InChI=1S/C25H34N4O3/c30-23(26-19-8-2-3-9-19)17-29-22-16-18(24(31)27-13-5-1-6-14-27)11-12-20(22)28-15-7-4-10-21(28)25(29)32/h11-12,16,19,21H,1-10,13-15,17H2,(H,26,30)/t21-/m1/s1. The van der Waals surface area contributed by atoms with E-state index in [1.54, 1.807) is 4.90 Å². The van der Waals surface area contributed by atoms with Crippen LogP contribution in [0.4, 0.5) is 11.4 Å². The molecule has 7 nitrogen and oxygen atoms in total. The molecule has 3 amide bonds. The first-order chi connectivity index (χ1) is 15.6. The third kappa shape index (κ3) is 4.09. The zero-order valence-corrected chi connectivity index (χ0v) is 18.9. The Morgan fingerprint density at radius 1 is 0.875 bits per heavy atom. The van der Waals surface area contributed by atoms with Crippen LogP contribution in [0.2, 0.25) is 0 Å². The van der Waals surface area contributed by atoms with Crippen LogP contribution in [0.1, 0.15) is 74.6 Å². The van der Waals surface area contributed by atoms with E-state index in [0.29, 0.717) is 11.3 Å². The van der Waals surface area contributed by atoms with E-state index >= 15 is 0 Å². The van der Waals surface area contributed by atoms with Crippen molar-refractivity contribution >= 4 is 29.1 Å². The minimum Gasteiger partial charge on any atom is -0.358 e. The van der Waals surface area contributed by atoms with Gasteiger partial charge in [-0.1, -0.05) is 12.8 Å². The van der Waals surface area contributed by atoms with Crippen LogP contribution in [0.25, 0.3) is 0 Å². The van der Waals surface area contributed by atoms with Crippen LogP contribution < -0.4 is 15.1 Å². The van der Waals surface area contributed by atoms with Gasteiger partial charge in [0.1, 0.15) is 12.6 Å². The monoisotopic (exact) mass is 438 g/mol. The highest BCUT2D eigenvalue weighted by atomic mass is 16.2. The van der Waals surface area contributed by atoms with Crippen molar-refractivity contribution in [3.63, 3.8) is 0 Å². The lowest BCUT2D eigenvalue weighted by molar-refractivity contribution is -0.125. The van der Waals surface area contributed by atoms with Crippen LogP contribution in [-0.2, 0) is 9.59 Å².